The fraction of sp³-hybridized carbons (Fsp3) is 0.100. The maximum atomic E-state index is 6.00. The molecule has 3 heteroatoms. The molecular weight excluding hydrogens is 286 g/mol. The molecule has 0 aliphatic carbocycles. The van der Waals surface area contributed by atoms with Gasteiger partial charge in [0.25, 0.3) is 0 Å². The monoisotopic (exact) mass is 305 g/mol. The average Bonchev–Trinajstić information content (AvgIpc) is 2.59. The Hall–Kier alpha value is -2.78. The largest absolute Gasteiger partial charge is 0.453 e. The predicted octanol–water partition coefficient (Wildman–Crippen LogP) is 4.77. The van der Waals surface area contributed by atoms with Crippen molar-refractivity contribution < 1.29 is 9.47 Å². The maximum Gasteiger partial charge on any atom is 0.170 e. The summed E-state index contributed by atoms with van der Waals surface area (Å²) in [4.78, 5) is 0. The van der Waals surface area contributed by atoms with Gasteiger partial charge >= 0.3 is 0 Å². The highest BCUT2D eigenvalue weighted by atomic mass is 16.5. The number of para-hydroxylation sites is 2. The van der Waals surface area contributed by atoms with Gasteiger partial charge in [0.2, 0.25) is 0 Å². The third-order valence-corrected chi connectivity index (χ3v) is 3.38. The summed E-state index contributed by atoms with van der Waals surface area (Å²) in [6.07, 6.45) is 0.802. The van der Waals surface area contributed by atoms with E-state index in [4.69, 9.17) is 15.2 Å². The highest BCUT2D eigenvalue weighted by Crippen LogP contribution is 2.35. The molecule has 3 aromatic carbocycles. The highest BCUT2D eigenvalue weighted by molar-refractivity contribution is 5.47. The quantitative estimate of drug-likeness (QED) is 0.713. The number of rotatable bonds is 6. The molecule has 116 valence electrons. The fourth-order valence-electron chi connectivity index (χ4n) is 2.27. The van der Waals surface area contributed by atoms with Crippen molar-refractivity contribution in [3.8, 4) is 23.0 Å². The standard InChI is InChI=1S/C20H19NO2/c21-14-13-16-11-12-19(22-17-7-3-1-4-8-17)20(15-16)23-18-9-5-2-6-10-18/h1-12,15H,13-14,21H2. The van der Waals surface area contributed by atoms with Crippen molar-refractivity contribution in [1.82, 2.24) is 0 Å². The molecule has 3 nitrogen and oxygen atoms in total. The Labute approximate surface area is 136 Å². The predicted molar refractivity (Wildman–Crippen MR) is 92.2 cm³/mol. The summed E-state index contributed by atoms with van der Waals surface area (Å²) in [6.45, 7) is 0.601. The van der Waals surface area contributed by atoms with Crippen molar-refractivity contribution in [3.63, 3.8) is 0 Å². The minimum atomic E-state index is 0.601. The van der Waals surface area contributed by atoms with E-state index in [0.717, 1.165) is 23.5 Å². The molecule has 0 spiro atoms. The summed E-state index contributed by atoms with van der Waals surface area (Å²) in [5, 5.41) is 0. The molecule has 0 fully saturated rings. The molecule has 0 bridgehead atoms. The van der Waals surface area contributed by atoms with E-state index < -0.39 is 0 Å². The topological polar surface area (TPSA) is 44.5 Å². The lowest BCUT2D eigenvalue weighted by Crippen LogP contribution is -2.03. The lowest BCUT2D eigenvalue weighted by Gasteiger charge is -2.14. The Balaban J connectivity index is 1.90. The van der Waals surface area contributed by atoms with Gasteiger partial charge in [-0.05, 0) is 54.9 Å². The molecule has 0 aliphatic heterocycles. The zero-order valence-electron chi connectivity index (χ0n) is 12.8. The van der Waals surface area contributed by atoms with Gasteiger partial charge < -0.3 is 15.2 Å². The van der Waals surface area contributed by atoms with E-state index in [0.29, 0.717) is 18.0 Å². The molecular formula is C20H19NO2. The Kier molecular flexibility index (Phi) is 4.92. The van der Waals surface area contributed by atoms with E-state index in [9.17, 15) is 0 Å². The van der Waals surface area contributed by atoms with Crippen LogP contribution in [0.1, 0.15) is 5.56 Å². The Bertz CT molecular complexity index is 742. The van der Waals surface area contributed by atoms with Gasteiger partial charge in [0.1, 0.15) is 11.5 Å². The molecule has 3 aromatic rings. The first-order valence-electron chi connectivity index (χ1n) is 7.64. The van der Waals surface area contributed by atoms with Crippen LogP contribution in [0, 0.1) is 0 Å². The van der Waals surface area contributed by atoms with Gasteiger partial charge in [-0.25, -0.2) is 0 Å². The first-order chi connectivity index (χ1) is 11.3. The number of hydrogen-bond donors (Lipinski definition) is 1. The van der Waals surface area contributed by atoms with Gasteiger partial charge in [0.15, 0.2) is 11.5 Å². The normalized spacial score (nSPS) is 10.3. The Morgan fingerprint density at radius 2 is 1.22 bits per heavy atom. The summed E-state index contributed by atoms with van der Waals surface area (Å²) >= 11 is 0. The fourth-order valence-corrected chi connectivity index (χ4v) is 2.27. The lowest BCUT2D eigenvalue weighted by atomic mass is 10.1. The molecule has 23 heavy (non-hydrogen) atoms. The van der Waals surface area contributed by atoms with Crippen LogP contribution in [0.5, 0.6) is 23.0 Å². The van der Waals surface area contributed by atoms with Crippen LogP contribution in [0.25, 0.3) is 0 Å². The van der Waals surface area contributed by atoms with Crippen molar-refractivity contribution in [2.75, 3.05) is 6.54 Å². The van der Waals surface area contributed by atoms with Gasteiger partial charge in [0, 0.05) is 0 Å². The summed E-state index contributed by atoms with van der Waals surface area (Å²) in [5.74, 6) is 2.92. The molecule has 0 amide bonds. The van der Waals surface area contributed by atoms with Gasteiger partial charge in [-0.15, -0.1) is 0 Å². The average molecular weight is 305 g/mol. The molecule has 0 aliphatic rings. The minimum absolute atomic E-state index is 0.601. The van der Waals surface area contributed by atoms with Crippen molar-refractivity contribution in [1.29, 1.82) is 0 Å². The SMILES string of the molecule is NCCc1ccc(Oc2ccccc2)c(Oc2ccccc2)c1. The van der Waals surface area contributed by atoms with Crippen LogP contribution in [0.3, 0.4) is 0 Å². The van der Waals surface area contributed by atoms with E-state index in [2.05, 4.69) is 0 Å². The van der Waals surface area contributed by atoms with E-state index in [1.807, 2.05) is 78.9 Å². The molecule has 0 aromatic heterocycles. The molecule has 0 saturated heterocycles. The summed E-state index contributed by atoms with van der Waals surface area (Å²) in [5.41, 5.74) is 6.78. The molecule has 0 heterocycles. The second-order valence-electron chi connectivity index (χ2n) is 5.15. The van der Waals surface area contributed by atoms with Gasteiger partial charge in [0.05, 0.1) is 0 Å². The van der Waals surface area contributed by atoms with E-state index in [1.165, 1.54) is 0 Å². The number of hydrogen-bond acceptors (Lipinski definition) is 3. The zero-order chi connectivity index (χ0) is 15.9. The summed E-state index contributed by atoms with van der Waals surface area (Å²) in [7, 11) is 0. The molecule has 0 saturated carbocycles. The zero-order valence-corrected chi connectivity index (χ0v) is 12.8. The second kappa shape index (κ2) is 7.47. The third kappa shape index (κ3) is 4.11. The van der Waals surface area contributed by atoms with Crippen LogP contribution in [0.2, 0.25) is 0 Å². The summed E-state index contributed by atoms with van der Waals surface area (Å²) < 4.78 is 12.0. The molecule has 0 atom stereocenters. The Morgan fingerprint density at radius 1 is 0.652 bits per heavy atom. The summed E-state index contributed by atoms with van der Waals surface area (Å²) in [6, 6.07) is 25.3. The van der Waals surface area contributed by atoms with E-state index >= 15 is 0 Å². The van der Waals surface area contributed by atoms with Crippen molar-refractivity contribution in [3.05, 3.63) is 84.4 Å². The van der Waals surface area contributed by atoms with Crippen LogP contribution < -0.4 is 15.2 Å². The van der Waals surface area contributed by atoms with Crippen LogP contribution in [-0.4, -0.2) is 6.54 Å². The van der Waals surface area contributed by atoms with Gasteiger partial charge in [-0.1, -0.05) is 42.5 Å². The number of ether oxygens (including phenoxy) is 2. The molecule has 0 unspecified atom stereocenters. The van der Waals surface area contributed by atoms with Crippen LogP contribution in [0.4, 0.5) is 0 Å². The van der Waals surface area contributed by atoms with Crippen LogP contribution in [-0.2, 0) is 6.42 Å². The van der Waals surface area contributed by atoms with Crippen molar-refractivity contribution in [2.24, 2.45) is 5.73 Å². The lowest BCUT2D eigenvalue weighted by molar-refractivity contribution is 0.418. The highest BCUT2D eigenvalue weighted by Gasteiger charge is 2.09. The van der Waals surface area contributed by atoms with Crippen LogP contribution in [0.15, 0.2) is 78.9 Å². The minimum Gasteiger partial charge on any atom is -0.453 e. The van der Waals surface area contributed by atoms with Crippen molar-refractivity contribution >= 4 is 0 Å². The number of nitrogens with two attached hydrogens (primary N) is 1. The van der Waals surface area contributed by atoms with E-state index in [-0.39, 0.29) is 0 Å². The number of benzene rings is 3. The van der Waals surface area contributed by atoms with E-state index in [1.54, 1.807) is 0 Å². The van der Waals surface area contributed by atoms with Crippen LogP contribution >= 0.6 is 0 Å². The van der Waals surface area contributed by atoms with Crippen molar-refractivity contribution in [2.45, 2.75) is 6.42 Å². The first kappa shape index (κ1) is 15.1. The maximum absolute atomic E-state index is 6.00. The molecule has 0 radical (unpaired) electrons. The first-order valence-corrected chi connectivity index (χ1v) is 7.64. The van der Waals surface area contributed by atoms with Gasteiger partial charge in [-0.3, -0.25) is 0 Å². The third-order valence-electron chi connectivity index (χ3n) is 3.38. The molecule has 2 N–H and O–H groups in total. The smallest absolute Gasteiger partial charge is 0.170 e. The van der Waals surface area contributed by atoms with Gasteiger partial charge in [-0.2, -0.15) is 0 Å². The molecule has 3 rings (SSSR count). The second-order valence-corrected chi connectivity index (χ2v) is 5.15. The Morgan fingerprint density at radius 3 is 1.78 bits per heavy atom.